The van der Waals surface area contributed by atoms with E-state index in [9.17, 15) is 0 Å². The summed E-state index contributed by atoms with van der Waals surface area (Å²) in [6.45, 7) is 0. The summed E-state index contributed by atoms with van der Waals surface area (Å²) >= 11 is 0. The number of pyridine rings is 4. The van der Waals surface area contributed by atoms with E-state index in [1.165, 1.54) is 0 Å². The first-order chi connectivity index (χ1) is 32.8. The Kier molecular flexibility index (Phi) is 10.9. The van der Waals surface area contributed by atoms with E-state index >= 15 is 0 Å². The molecular weight excluding hydrogens is 801 g/mol. The second-order valence-corrected chi connectivity index (χ2v) is 16.2. The molecule has 4 aromatic heterocycles. The van der Waals surface area contributed by atoms with Crippen LogP contribution in [-0.4, -0.2) is 19.9 Å². The topological polar surface area (TPSA) is 51.6 Å². The van der Waals surface area contributed by atoms with Crippen LogP contribution in [0.2, 0.25) is 0 Å². The molecule has 0 atom stereocenters. The first-order valence-corrected chi connectivity index (χ1v) is 22.1. The fraction of sp³-hybridized carbons (Fsp3) is 0. The number of hydrogen-bond donors (Lipinski definition) is 0. The van der Waals surface area contributed by atoms with Gasteiger partial charge in [-0.15, -0.1) is 0 Å². The van der Waals surface area contributed by atoms with Crippen molar-refractivity contribution in [2.75, 3.05) is 0 Å². The smallest absolute Gasteiger partial charge is 0.0273 e. The number of nitrogens with zero attached hydrogens (tertiary/aromatic N) is 4. The highest BCUT2D eigenvalue weighted by Gasteiger charge is 2.29. The second-order valence-electron chi connectivity index (χ2n) is 16.2. The molecule has 0 unspecified atom stereocenters. The third kappa shape index (κ3) is 7.89. The summed E-state index contributed by atoms with van der Waals surface area (Å²) in [7, 11) is 0. The van der Waals surface area contributed by atoms with Gasteiger partial charge in [0.25, 0.3) is 0 Å². The molecule has 4 heterocycles. The van der Waals surface area contributed by atoms with E-state index in [2.05, 4.69) is 226 Å². The monoisotopic (exact) mass is 842 g/mol. The summed E-state index contributed by atoms with van der Waals surface area (Å²) in [5, 5.41) is 0. The number of hydrogen-bond acceptors (Lipinski definition) is 4. The molecule has 0 saturated heterocycles. The predicted octanol–water partition coefficient (Wildman–Crippen LogP) is 15.9. The predicted molar refractivity (Wildman–Crippen MR) is 272 cm³/mol. The average molecular weight is 843 g/mol. The lowest BCUT2D eigenvalue weighted by atomic mass is 9.74. The molecule has 0 radical (unpaired) electrons. The molecule has 7 aromatic carbocycles. The maximum atomic E-state index is 4.30. The van der Waals surface area contributed by atoms with Gasteiger partial charge in [-0.3, -0.25) is 19.9 Å². The molecule has 0 aliphatic carbocycles. The van der Waals surface area contributed by atoms with Gasteiger partial charge in [-0.1, -0.05) is 158 Å². The van der Waals surface area contributed by atoms with Crippen LogP contribution in [0.25, 0.3) is 111 Å². The minimum atomic E-state index is 1.12. The molecule has 11 rings (SSSR count). The van der Waals surface area contributed by atoms with E-state index in [4.69, 9.17) is 0 Å². The van der Waals surface area contributed by atoms with Crippen molar-refractivity contribution in [3.05, 3.63) is 256 Å². The molecule has 0 amide bonds. The zero-order valence-electron chi connectivity index (χ0n) is 36.0. The average Bonchev–Trinajstić information content (AvgIpc) is 3.42. The van der Waals surface area contributed by atoms with Gasteiger partial charge in [-0.2, -0.15) is 0 Å². The van der Waals surface area contributed by atoms with Crippen LogP contribution in [0.4, 0.5) is 0 Å². The summed E-state index contributed by atoms with van der Waals surface area (Å²) in [6, 6.07) is 74.7. The van der Waals surface area contributed by atoms with Crippen molar-refractivity contribution in [3.8, 4) is 111 Å². The van der Waals surface area contributed by atoms with Crippen molar-refractivity contribution in [3.63, 3.8) is 0 Å². The number of aromatic nitrogens is 4. The normalized spacial score (nSPS) is 11.0. The van der Waals surface area contributed by atoms with Crippen LogP contribution in [0.1, 0.15) is 0 Å². The SMILES string of the molecule is c1ccc(-c2c(-c3ccc(-c4ccncc4)cc3)c(-c3ccc(-c4ccncc4)cc3)c(-c3ccccc3)c(-c3ccc(-c4ccncc4)cc3)c2-c2ccc(-c3ccncc3)cc2)cc1. The maximum absolute atomic E-state index is 4.30. The standard InChI is InChI=1S/C62H42N4/c1-3-7-51(8-4-1)57-59(53-19-11-43(12-20-53)47-27-35-63-36-28-47)61(55-23-15-45(16-24-55)49-31-39-65-40-32-49)58(52-9-5-2-6-10-52)62(56-25-17-46(18-26-56)50-33-41-66-42-34-50)60(57)54-21-13-44(14-22-54)48-29-37-64-38-30-48/h1-42H. The Bertz CT molecular complexity index is 2940. The molecule has 4 nitrogen and oxygen atoms in total. The van der Waals surface area contributed by atoms with Crippen molar-refractivity contribution < 1.29 is 0 Å². The molecule has 4 heteroatoms. The first kappa shape index (κ1) is 40.0. The Hall–Kier alpha value is -8.86. The van der Waals surface area contributed by atoms with Gasteiger partial charge >= 0.3 is 0 Å². The van der Waals surface area contributed by atoms with Crippen LogP contribution in [0.15, 0.2) is 256 Å². The molecular formula is C62H42N4. The van der Waals surface area contributed by atoms with Gasteiger partial charge in [0, 0.05) is 49.6 Å². The van der Waals surface area contributed by atoms with Crippen LogP contribution < -0.4 is 0 Å². The minimum Gasteiger partial charge on any atom is -0.265 e. The Morgan fingerprint density at radius 2 is 0.288 bits per heavy atom. The van der Waals surface area contributed by atoms with Gasteiger partial charge in [-0.25, -0.2) is 0 Å². The molecule has 66 heavy (non-hydrogen) atoms. The van der Waals surface area contributed by atoms with E-state index in [1.807, 2.05) is 49.6 Å². The molecule has 0 aliphatic heterocycles. The number of rotatable bonds is 10. The third-order valence-electron chi connectivity index (χ3n) is 12.4. The highest BCUT2D eigenvalue weighted by atomic mass is 14.6. The summed E-state index contributed by atoms with van der Waals surface area (Å²) in [5.74, 6) is 0. The highest BCUT2D eigenvalue weighted by Crippen LogP contribution is 2.56. The van der Waals surface area contributed by atoms with Gasteiger partial charge in [0.15, 0.2) is 0 Å². The molecule has 0 N–H and O–H groups in total. The summed E-state index contributed by atoms with van der Waals surface area (Å²) in [5.41, 5.74) is 22.7. The van der Waals surface area contributed by atoms with Gasteiger partial charge in [0.2, 0.25) is 0 Å². The molecule has 0 saturated carbocycles. The van der Waals surface area contributed by atoms with E-state index in [-0.39, 0.29) is 0 Å². The van der Waals surface area contributed by atoms with Crippen LogP contribution in [0.5, 0.6) is 0 Å². The summed E-state index contributed by atoms with van der Waals surface area (Å²) in [4.78, 5) is 17.2. The van der Waals surface area contributed by atoms with Crippen molar-refractivity contribution in [2.24, 2.45) is 0 Å². The van der Waals surface area contributed by atoms with Gasteiger partial charge in [0.1, 0.15) is 0 Å². The van der Waals surface area contributed by atoms with Crippen LogP contribution in [-0.2, 0) is 0 Å². The zero-order valence-corrected chi connectivity index (χ0v) is 36.0. The van der Waals surface area contributed by atoms with Crippen molar-refractivity contribution >= 4 is 0 Å². The Labute approximate surface area is 385 Å². The largest absolute Gasteiger partial charge is 0.265 e. The zero-order chi connectivity index (χ0) is 44.1. The van der Waals surface area contributed by atoms with Crippen LogP contribution in [0.3, 0.4) is 0 Å². The molecule has 310 valence electrons. The van der Waals surface area contributed by atoms with E-state index in [0.717, 1.165) is 111 Å². The lowest BCUT2D eigenvalue weighted by Gasteiger charge is -2.29. The third-order valence-corrected chi connectivity index (χ3v) is 12.4. The number of benzene rings is 7. The van der Waals surface area contributed by atoms with E-state index < -0.39 is 0 Å². The molecule has 0 spiro atoms. The highest BCUT2D eigenvalue weighted by molar-refractivity contribution is 6.15. The van der Waals surface area contributed by atoms with E-state index in [1.54, 1.807) is 0 Å². The fourth-order valence-corrected chi connectivity index (χ4v) is 9.19. The summed E-state index contributed by atoms with van der Waals surface area (Å²) in [6.07, 6.45) is 14.8. The lowest BCUT2D eigenvalue weighted by molar-refractivity contribution is 1.33. The van der Waals surface area contributed by atoms with Crippen molar-refractivity contribution in [1.82, 2.24) is 19.9 Å². The van der Waals surface area contributed by atoms with Gasteiger partial charge in [-0.05, 0) is 160 Å². The second kappa shape index (κ2) is 18.1. The Morgan fingerprint density at radius 1 is 0.136 bits per heavy atom. The van der Waals surface area contributed by atoms with E-state index in [0.29, 0.717) is 0 Å². The molecule has 0 aliphatic rings. The molecule has 11 aromatic rings. The van der Waals surface area contributed by atoms with Crippen LogP contribution >= 0.6 is 0 Å². The lowest BCUT2D eigenvalue weighted by Crippen LogP contribution is -2.02. The molecule has 0 bridgehead atoms. The van der Waals surface area contributed by atoms with Gasteiger partial charge in [0.05, 0.1) is 0 Å². The van der Waals surface area contributed by atoms with Gasteiger partial charge < -0.3 is 0 Å². The first-order valence-electron chi connectivity index (χ1n) is 22.1. The maximum Gasteiger partial charge on any atom is 0.0273 e. The van der Waals surface area contributed by atoms with Crippen molar-refractivity contribution in [2.45, 2.75) is 0 Å². The minimum absolute atomic E-state index is 1.12. The Balaban J connectivity index is 1.29. The van der Waals surface area contributed by atoms with Crippen molar-refractivity contribution in [1.29, 1.82) is 0 Å². The Morgan fingerprint density at radius 3 is 0.485 bits per heavy atom. The quantitative estimate of drug-likeness (QED) is 0.138. The summed E-state index contributed by atoms with van der Waals surface area (Å²) < 4.78 is 0. The molecule has 0 fully saturated rings. The van der Waals surface area contributed by atoms with Crippen LogP contribution in [0, 0.1) is 0 Å². The fourth-order valence-electron chi connectivity index (χ4n) is 9.19.